The lowest BCUT2D eigenvalue weighted by atomic mass is 10.1. The number of amides is 1. The summed E-state index contributed by atoms with van der Waals surface area (Å²) in [7, 11) is 0. The number of carbonyl (C=O) groups is 1. The Balaban J connectivity index is 1.45. The number of hydrogen-bond donors (Lipinski definition) is 0. The van der Waals surface area contributed by atoms with Gasteiger partial charge in [0.05, 0.1) is 16.5 Å². The van der Waals surface area contributed by atoms with Gasteiger partial charge in [0.2, 0.25) is 0 Å². The number of para-hydroxylation sites is 1. The molecule has 0 spiro atoms. The molecule has 1 fully saturated rings. The molecule has 0 N–H and O–H groups in total. The number of aromatic nitrogens is 2. The highest BCUT2D eigenvalue weighted by Gasteiger charge is 2.24. The minimum atomic E-state index is -0.170. The van der Waals surface area contributed by atoms with E-state index in [4.69, 9.17) is 11.6 Å². The predicted octanol–water partition coefficient (Wildman–Crippen LogP) is 3.46. The summed E-state index contributed by atoms with van der Waals surface area (Å²) >= 11 is 6.11. The van der Waals surface area contributed by atoms with Gasteiger partial charge in [-0.3, -0.25) is 14.0 Å². The fourth-order valence-corrected chi connectivity index (χ4v) is 4.14. The molecule has 2 aromatic heterocycles. The molecule has 1 saturated heterocycles. The zero-order chi connectivity index (χ0) is 20.7. The topological polar surface area (TPSA) is 57.9 Å². The van der Waals surface area contributed by atoms with Crippen molar-refractivity contribution in [3.8, 4) is 0 Å². The third-order valence-corrected chi connectivity index (χ3v) is 5.75. The van der Waals surface area contributed by atoms with Gasteiger partial charge in [-0.2, -0.15) is 0 Å². The summed E-state index contributed by atoms with van der Waals surface area (Å²) < 4.78 is 1.46. The molecule has 0 unspecified atom stereocenters. The maximum atomic E-state index is 13.3. The van der Waals surface area contributed by atoms with Crippen molar-refractivity contribution in [1.82, 2.24) is 14.3 Å². The van der Waals surface area contributed by atoms with E-state index in [9.17, 15) is 9.59 Å². The van der Waals surface area contributed by atoms with Crippen LogP contribution in [0.15, 0.2) is 71.7 Å². The average Bonchev–Trinajstić information content (AvgIpc) is 2.79. The number of halogens is 1. The van der Waals surface area contributed by atoms with Crippen LogP contribution in [0.25, 0.3) is 16.6 Å². The number of nitrogens with zero attached hydrogens (tertiary/aromatic N) is 4. The van der Waals surface area contributed by atoms with Gasteiger partial charge in [0.25, 0.3) is 11.5 Å². The maximum absolute atomic E-state index is 13.3. The normalized spacial score (nSPS) is 14.4. The lowest BCUT2D eigenvalue weighted by Crippen LogP contribution is -2.49. The fraction of sp³-hybridized carbons (Fsp3) is 0.174. The molecule has 0 saturated carbocycles. The summed E-state index contributed by atoms with van der Waals surface area (Å²) in [6.45, 7) is 2.61. The van der Waals surface area contributed by atoms with Crippen molar-refractivity contribution >= 4 is 39.7 Å². The molecular weight excluding hydrogens is 400 g/mol. The van der Waals surface area contributed by atoms with E-state index < -0.39 is 0 Å². The molecule has 0 radical (unpaired) electrons. The van der Waals surface area contributed by atoms with Crippen molar-refractivity contribution in [1.29, 1.82) is 0 Å². The van der Waals surface area contributed by atoms with Crippen LogP contribution in [0.5, 0.6) is 0 Å². The highest BCUT2D eigenvalue weighted by atomic mass is 35.5. The molecule has 5 rings (SSSR count). The Morgan fingerprint density at radius 3 is 2.53 bits per heavy atom. The monoisotopic (exact) mass is 418 g/mol. The zero-order valence-electron chi connectivity index (χ0n) is 16.2. The van der Waals surface area contributed by atoms with Crippen LogP contribution in [0.1, 0.15) is 10.4 Å². The minimum absolute atomic E-state index is 0.110. The minimum Gasteiger partial charge on any atom is -0.368 e. The van der Waals surface area contributed by atoms with Crippen LogP contribution in [0.4, 0.5) is 5.69 Å². The Morgan fingerprint density at radius 2 is 1.73 bits per heavy atom. The number of pyridine rings is 1. The second kappa shape index (κ2) is 7.46. The van der Waals surface area contributed by atoms with E-state index in [-0.39, 0.29) is 11.5 Å². The molecule has 1 amide bonds. The third kappa shape index (κ3) is 3.19. The molecule has 0 atom stereocenters. The van der Waals surface area contributed by atoms with Crippen LogP contribution < -0.4 is 10.5 Å². The average molecular weight is 419 g/mol. The standard InChI is InChI=1S/C23H19ClN4O2/c24-16-5-3-6-17(15-16)26-11-13-27(14-12-26)22(29)19-8-4-10-28-21(19)25-20-9-2-1-7-18(20)23(28)30/h1-10,15H,11-14H2. The van der Waals surface area contributed by atoms with Gasteiger partial charge in [0, 0.05) is 43.1 Å². The van der Waals surface area contributed by atoms with Crippen molar-refractivity contribution in [2.24, 2.45) is 0 Å². The van der Waals surface area contributed by atoms with Gasteiger partial charge in [-0.25, -0.2) is 4.98 Å². The summed E-state index contributed by atoms with van der Waals surface area (Å²) in [6, 6.07) is 18.4. The van der Waals surface area contributed by atoms with E-state index in [1.165, 1.54) is 4.40 Å². The fourth-order valence-electron chi connectivity index (χ4n) is 3.95. The predicted molar refractivity (Wildman–Crippen MR) is 119 cm³/mol. The third-order valence-electron chi connectivity index (χ3n) is 5.52. The lowest BCUT2D eigenvalue weighted by Gasteiger charge is -2.36. The Hall–Kier alpha value is -3.38. The van der Waals surface area contributed by atoms with E-state index in [2.05, 4.69) is 9.88 Å². The van der Waals surface area contributed by atoms with Crippen LogP contribution in [0, 0.1) is 0 Å². The Labute approximate surface area is 177 Å². The van der Waals surface area contributed by atoms with Crippen LogP contribution in [0.2, 0.25) is 5.02 Å². The van der Waals surface area contributed by atoms with Gasteiger partial charge >= 0.3 is 0 Å². The Bertz CT molecular complexity index is 1330. The number of anilines is 1. The first-order valence-electron chi connectivity index (χ1n) is 9.82. The molecule has 2 aromatic carbocycles. The highest BCUT2D eigenvalue weighted by molar-refractivity contribution is 6.30. The molecule has 6 nitrogen and oxygen atoms in total. The van der Waals surface area contributed by atoms with Crippen LogP contribution >= 0.6 is 11.6 Å². The number of fused-ring (bicyclic) bond motifs is 2. The van der Waals surface area contributed by atoms with E-state index in [1.54, 1.807) is 30.5 Å². The van der Waals surface area contributed by atoms with Crippen molar-refractivity contribution in [2.45, 2.75) is 0 Å². The van der Waals surface area contributed by atoms with Gasteiger partial charge in [-0.05, 0) is 42.5 Å². The first-order valence-corrected chi connectivity index (χ1v) is 10.2. The highest BCUT2D eigenvalue weighted by Crippen LogP contribution is 2.22. The quantitative estimate of drug-likeness (QED) is 0.468. The van der Waals surface area contributed by atoms with Gasteiger partial charge < -0.3 is 9.80 Å². The lowest BCUT2D eigenvalue weighted by molar-refractivity contribution is 0.0748. The first-order chi connectivity index (χ1) is 14.6. The number of carbonyl (C=O) groups excluding carboxylic acids is 1. The van der Waals surface area contributed by atoms with Gasteiger partial charge in [0.15, 0.2) is 5.65 Å². The summed E-state index contributed by atoms with van der Waals surface area (Å²) in [4.78, 5) is 34.8. The SMILES string of the molecule is O=C(c1cccn2c(=O)c3ccccc3nc12)N1CCN(c2cccc(Cl)c2)CC1. The molecule has 7 heteroatoms. The largest absolute Gasteiger partial charge is 0.368 e. The second-order valence-corrected chi connectivity index (χ2v) is 7.75. The summed E-state index contributed by atoms with van der Waals surface area (Å²) in [6.07, 6.45) is 1.66. The van der Waals surface area contributed by atoms with E-state index in [0.717, 1.165) is 5.69 Å². The number of benzene rings is 2. The van der Waals surface area contributed by atoms with Crippen LogP contribution in [-0.2, 0) is 0 Å². The van der Waals surface area contributed by atoms with Gasteiger partial charge in [-0.15, -0.1) is 0 Å². The molecule has 1 aliphatic heterocycles. The number of rotatable bonds is 2. The molecule has 150 valence electrons. The number of hydrogen-bond acceptors (Lipinski definition) is 4. The Morgan fingerprint density at radius 1 is 0.933 bits per heavy atom. The maximum Gasteiger partial charge on any atom is 0.265 e. The summed E-state index contributed by atoms with van der Waals surface area (Å²) in [5, 5.41) is 1.24. The van der Waals surface area contributed by atoms with E-state index in [0.29, 0.717) is 53.3 Å². The van der Waals surface area contributed by atoms with Crippen molar-refractivity contribution < 1.29 is 4.79 Å². The van der Waals surface area contributed by atoms with Crippen LogP contribution in [0.3, 0.4) is 0 Å². The van der Waals surface area contributed by atoms with Crippen molar-refractivity contribution in [2.75, 3.05) is 31.1 Å². The zero-order valence-corrected chi connectivity index (χ0v) is 16.9. The second-order valence-electron chi connectivity index (χ2n) is 7.31. The smallest absolute Gasteiger partial charge is 0.265 e. The molecule has 0 aliphatic carbocycles. The van der Waals surface area contributed by atoms with Gasteiger partial charge in [0.1, 0.15) is 0 Å². The number of piperazine rings is 1. The van der Waals surface area contributed by atoms with Crippen LogP contribution in [-0.4, -0.2) is 46.4 Å². The first kappa shape index (κ1) is 18.6. The molecule has 30 heavy (non-hydrogen) atoms. The van der Waals surface area contributed by atoms with E-state index >= 15 is 0 Å². The Kier molecular flexibility index (Phi) is 4.64. The van der Waals surface area contributed by atoms with Crippen molar-refractivity contribution in [3.05, 3.63) is 87.8 Å². The summed E-state index contributed by atoms with van der Waals surface area (Å²) in [5.74, 6) is -0.110. The molecule has 3 heterocycles. The summed E-state index contributed by atoms with van der Waals surface area (Å²) in [5.41, 5.74) is 2.31. The van der Waals surface area contributed by atoms with Crippen molar-refractivity contribution in [3.63, 3.8) is 0 Å². The van der Waals surface area contributed by atoms with Gasteiger partial charge in [-0.1, -0.05) is 29.8 Å². The molecule has 0 bridgehead atoms. The molecule has 4 aromatic rings. The molecule has 1 aliphatic rings. The molecular formula is C23H19ClN4O2. The van der Waals surface area contributed by atoms with E-state index in [1.807, 2.05) is 41.3 Å².